The lowest BCUT2D eigenvalue weighted by molar-refractivity contribution is -0.385. The van der Waals surface area contributed by atoms with Gasteiger partial charge in [0.25, 0.3) is 11.2 Å². The summed E-state index contributed by atoms with van der Waals surface area (Å²) in [6.45, 7) is 5.10. The van der Waals surface area contributed by atoms with Gasteiger partial charge in [-0.25, -0.2) is 9.79 Å². The van der Waals surface area contributed by atoms with Gasteiger partial charge < -0.3 is 9.15 Å². The van der Waals surface area contributed by atoms with Crippen LogP contribution >= 0.6 is 11.3 Å². The number of aromatic nitrogens is 1. The third-order valence-corrected chi connectivity index (χ3v) is 6.06. The SMILES string of the molecule is CCOC(=O)C1=C(C)N=c2s/c(=C/c3ccco3)c(=O)n2[C@@H]1c1ccc(C)c([N+](=O)[O-])c1. The molecule has 0 unspecified atom stereocenters. The number of hydrogen-bond donors (Lipinski definition) is 0. The Morgan fingerprint density at radius 3 is 2.81 bits per heavy atom. The summed E-state index contributed by atoms with van der Waals surface area (Å²) in [5.74, 6) is -0.124. The van der Waals surface area contributed by atoms with Crippen molar-refractivity contribution in [1.29, 1.82) is 0 Å². The molecule has 10 heteroatoms. The number of rotatable bonds is 5. The molecule has 4 rings (SSSR count). The number of nitro groups is 1. The number of hydrogen-bond acceptors (Lipinski definition) is 8. The van der Waals surface area contributed by atoms with E-state index in [0.717, 1.165) is 11.3 Å². The molecule has 3 heterocycles. The fourth-order valence-corrected chi connectivity index (χ4v) is 4.63. The molecule has 9 nitrogen and oxygen atoms in total. The van der Waals surface area contributed by atoms with Crippen LogP contribution in [0.2, 0.25) is 0 Å². The van der Waals surface area contributed by atoms with Crippen molar-refractivity contribution >= 4 is 29.1 Å². The lowest BCUT2D eigenvalue weighted by Gasteiger charge is -2.24. The Balaban J connectivity index is 2.00. The molecule has 1 atom stereocenters. The van der Waals surface area contributed by atoms with E-state index >= 15 is 0 Å². The topological polar surface area (TPSA) is 117 Å². The van der Waals surface area contributed by atoms with Gasteiger partial charge in [-0.1, -0.05) is 23.5 Å². The van der Waals surface area contributed by atoms with Crippen molar-refractivity contribution in [1.82, 2.24) is 4.57 Å². The van der Waals surface area contributed by atoms with Gasteiger partial charge in [0.2, 0.25) is 0 Å². The third kappa shape index (κ3) is 3.69. The van der Waals surface area contributed by atoms with Gasteiger partial charge in [0.05, 0.1) is 39.6 Å². The van der Waals surface area contributed by atoms with Crippen molar-refractivity contribution < 1.29 is 18.9 Å². The van der Waals surface area contributed by atoms with Crippen LogP contribution in [0.25, 0.3) is 6.08 Å². The maximum atomic E-state index is 13.4. The first kappa shape index (κ1) is 21.4. The normalized spacial score (nSPS) is 16.0. The number of carbonyl (C=O) groups excluding carboxylic acids is 1. The van der Waals surface area contributed by atoms with Crippen LogP contribution in [0.4, 0.5) is 5.69 Å². The Labute approximate surface area is 185 Å². The number of furan rings is 1. The summed E-state index contributed by atoms with van der Waals surface area (Å²) in [6.07, 6.45) is 3.10. The van der Waals surface area contributed by atoms with Gasteiger partial charge in [-0.15, -0.1) is 0 Å². The number of allylic oxidation sites excluding steroid dienone is 1. The molecule has 0 spiro atoms. The minimum atomic E-state index is -0.914. The van der Waals surface area contributed by atoms with Crippen LogP contribution in [0.3, 0.4) is 0 Å². The smallest absolute Gasteiger partial charge is 0.338 e. The van der Waals surface area contributed by atoms with Crippen LogP contribution in [0.1, 0.15) is 36.8 Å². The molecular formula is C22H19N3O6S. The highest BCUT2D eigenvalue weighted by atomic mass is 32.1. The quantitative estimate of drug-likeness (QED) is 0.333. The predicted octanol–water partition coefficient (Wildman–Crippen LogP) is 2.61. The zero-order valence-electron chi connectivity index (χ0n) is 17.5. The van der Waals surface area contributed by atoms with E-state index in [1.807, 2.05) is 0 Å². The summed E-state index contributed by atoms with van der Waals surface area (Å²) in [4.78, 5) is 42.1. The fraction of sp³-hybridized carbons (Fsp3) is 0.227. The summed E-state index contributed by atoms with van der Waals surface area (Å²) in [6, 6.07) is 7.18. The molecule has 2 aromatic heterocycles. The molecular weight excluding hydrogens is 434 g/mol. The van der Waals surface area contributed by atoms with Gasteiger partial charge in [-0.2, -0.15) is 0 Å². The Kier molecular flexibility index (Phi) is 5.62. The second-order valence-corrected chi connectivity index (χ2v) is 8.13. The maximum Gasteiger partial charge on any atom is 0.338 e. The first-order valence-corrected chi connectivity index (χ1v) is 10.6. The summed E-state index contributed by atoms with van der Waals surface area (Å²) in [5.41, 5.74) is 0.975. The number of nitrogens with zero attached hydrogens (tertiary/aromatic N) is 3. The van der Waals surface area contributed by atoms with Crippen LogP contribution in [-0.4, -0.2) is 22.1 Å². The molecule has 164 valence electrons. The van der Waals surface area contributed by atoms with Gasteiger partial charge in [-0.3, -0.25) is 19.5 Å². The van der Waals surface area contributed by atoms with Crippen molar-refractivity contribution in [3.63, 3.8) is 0 Å². The number of ether oxygens (including phenoxy) is 1. The molecule has 0 saturated heterocycles. The number of aryl methyl sites for hydroxylation is 1. The van der Waals surface area contributed by atoms with Gasteiger partial charge in [0, 0.05) is 17.7 Å². The van der Waals surface area contributed by atoms with Gasteiger partial charge in [0.1, 0.15) is 5.76 Å². The first-order valence-electron chi connectivity index (χ1n) is 9.80. The van der Waals surface area contributed by atoms with Crippen molar-refractivity contribution in [2.24, 2.45) is 4.99 Å². The molecule has 3 aromatic rings. The molecule has 0 radical (unpaired) electrons. The van der Waals surface area contributed by atoms with E-state index in [9.17, 15) is 19.7 Å². The highest BCUT2D eigenvalue weighted by Crippen LogP contribution is 2.33. The van der Waals surface area contributed by atoms with E-state index in [1.54, 1.807) is 51.1 Å². The van der Waals surface area contributed by atoms with Crippen LogP contribution in [0, 0.1) is 17.0 Å². The summed E-state index contributed by atoms with van der Waals surface area (Å²) < 4.78 is 12.3. The van der Waals surface area contributed by atoms with Gasteiger partial charge >= 0.3 is 5.97 Å². The second kappa shape index (κ2) is 8.39. The van der Waals surface area contributed by atoms with Crippen LogP contribution in [0.15, 0.2) is 62.1 Å². The van der Waals surface area contributed by atoms with Crippen molar-refractivity contribution in [2.45, 2.75) is 26.8 Å². The fourth-order valence-electron chi connectivity index (χ4n) is 3.60. The van der Waals surface area contributed by atoms with Gasteiger partial charge in [0.15, 0.2) is 4.80 Å². The number of carbonyl (C=O) groups is 1. The average Bonchev–Trinajstić information content (AvgIpc) is 3.36. The van der Waals surface area contributed by atoms with E-state index in [2.05, 4.69) is 4.99 Å². The zero-order chi connectivity index (χ0) is 23.0. The van der Waals surface area contributed by atoms with E-state index in [4.69, 9.17) is 9.15 Å². The monoisotopic (exact) mass is 453 g/mol. The van der Waals surface area contributed by atoms with Crippen LogP contribution in [0.5, 0.6) is 0 Å². The van der Waals surface area contributed by atoms with E-state index in [-0.39, 0.29) is 23.4 Å². The maximum absolute atomic E-state index is 13.4. The Bertz CT molecular complexity index is 1430. The van der Waals surface area contributed by atoms with Crippen LogP contribution in [-0.2, 0) is 9.53 Å². The summed E-state index contributed by atoms with van der Waals surface area (Å²) in [7, 11) is 0. The first-order chi connectivity index (χ1) is 15.3. The molecule has 1 aromatic carbocycles. The molecule has 0 bridgehead atoms. The Hall–Kier alpha value is -3.79. The zero-order valence-corrected chi connectivity index (χ0v) is 18.3. The molecule has 0 aliphatic carbocycles. The van der Waals surface area contributed by atoms with Gasteiger partial charge in [-0.05, 0) is 38.5 Å². The molecule has 0 fully saturated rings. The Morgan fingerprint density at radius 1 is 1.38 bits per heavy atom. The van der Waals surface area contributed by atoms with Crippen molar-refractivity contribution in [2.75, 3.05) is 6.61 Å². The molecule has 0 N–H and O–H groups in total. The highest BCUT2D eigenvalue weighted by molar-refractivity contribution is 7.07. The number of benzene rings is 1. The molecule has 0 saturated carbocycles. The minimum Gasteiger partial charge on any atom is -0.465 e. The number of fused-ring (bicyclic) bond motifs is 1. The molecule has 0 amide bonds. The summed E-state index contributed by atoms with van der Waals surface area (Å²) >= 11 is 1.15. The van der Waals surface area contributed by atoms with E-state index in [0.29, 0.717) is 31.9 Å². The number of nitro benzene ring substituents is 1. The minimum absolute atomic E-state index is 0.0990. The largest absolute Gasteiger partial charge is 0.465 e. The lowest BCUT2D eigenvalue weighted by atomic mass is 9.94. The molecule has 32 heavy (non-hydrogen) atoms. The highest BCUT2D eigenvalue weighted by Gasteiger charge is 2.34. The number of thiazole rings is 1. The Morgan fingerprint density at radius 2 is 2.16 bits per heavy atom. The van der Waals surface area contributed by atoms with Crippen molar-refractivity contribution in [3.05, 3.63) is 94.6 Å². The molecule has 1 aliphatic rings. The predicted molar refractivity (Wildman–Crippen MR) is 117 cm³/mol. The standard InChI is InChI=1S/C22H19N3O6S/c1-4-30-21(27)18-13(3)23-22-24(20(26)17(32-22)11-15-6-5-9-31-15)19(18)14-8-7-12(2)16(10-14)25(28)29/h5-11,19H,4H2,1-3H3/b17-11+/t19-/m1/s1. The van der Waals surface area contributed by atoms with Crippen molar-refractivity contribution in [3.8, 4) is 0 Å². The van der Waals surface area contributed by atoms with E-state index in [1.165, 1.54) is 16.9 Å². The second-order valence-electron chi connectivity index (χ2n) is 7.12. The van der Waals surface area contributed by atoms with Crippen LogP contribution < -0.4 is 14.9 Å². The summed E-state index contributed by atoms with van der Waals surface area (Å²) in [5, 5.41) is 11.5. The average molecular weight is 453 g/mol. The third-order valence-electron chi connectivity index (χ3n) is 5.08. The van der Waals surface area contributed by atoms with E-state index < -0.39 is 16.9 Å². The number of esters is 1. The molecule has 1 aliphatic heterocycles. The lowest BCUT2D eigenvalue weighted by Crippen LogP contribution is -2.40.